The molecule has 1 unspecified atom stereocenters. The molecular weight excluding hydrogens is 322 g/mol. The first-order chi connectivity index (χ1) is 11.4. The molecule has 2 aromatic rings. The van der Waals surface area contributed by atoms with Gasteiger partial charge in [0.05, 0.1) is 16.7 Å². The van der Waals surface area contributed by atoms with Crippen molar-refractivity contribution in [3.05, 3.63) is 32.5 Å². The highest BCUT2D eigenvalue weighted by molar-refractivity contribution is 7.11. The lowest BCUT2D eigenvalue weighted by molar-refractivity contribution is 0.0737. The minimum Gasteiger partial charge on any atom is -0.333 e. The molecule has 0 aromatic carbocycles. The topological polar surface area (TPSA) is 73.9 Å². The number of hydrogen-bond acceptors (Lipinski definition) is 5. The fraction of sp³-hybridized carbons (Fsp3) is 0.588. The van der Waals surface area contributed by atoms with Crippen molar-refractivity contribution >= 4 is 17.2 Å². The number of H-pyrrole nitrogens is 1. The van der Waals surface area contributed by atoms with E-state index in [-0.39, 0.29) is 11.9 Å². The van der Waals surface area contributed by atoms with Crippen LogP contribution in [-0.4, -0.2) is 39.6 Å². The summed E-state index contributed by atoms with van der Waals surface area (Å²) in [4.78, 5) is 20.5. The monoisotopic (exact) mass is 347 g/mol. The number of fused-ring (bicyclic) bond motifs is 1. The minimum absolute atomic E-state index is 0.0219. The minimum atomic E-state index is -0.0393. The maximum atomic E-state index is 12.9. The number of carbonyl (C=O) groups is 1. The van der Waals surface area contributed by atoms with Crippen LogP contribution < -0.4 is 5.32 Å². The molecule has 0 saturated carbocycles. The van der Waals surface area contributed by atoms with E-state index in [1.165, 1.54) is 0 Å². The second-order valence-corrected chi connectivity index (χ2v) is 7.77. The molecule has 0 aliphatic carbocycles. The van der Waals surface area contributed by atoms with E-state index in [9.17, 15) is 4.79 Å². The second kappa shape index (κ2) is 6.64. The van der Waals surface area contributed by atoms with Gasteiger partial charge in [-0.1, -0.05) is 13.8 Å². The third-order valence-electron chi connectivity index (χ3n) is 4.63. The first-order valence-corrected chi connectivity index (χ1v) is 9.23. The lowest BCUT2D eigenvalue weighted by Crippen LogP contribution is -2.32. The number of rotatable bonds is 4. The highest BCUT2D eigenvalue weighted by atomic mass is 32.1. The Morgan fingerprint density at radius 2 is 2.08 bits per heavy atom. The molecule has 2 aromatic heterocycles. The van der Waals surface area contributed by atoms with Gasteiger partial charge < -0.3 is 10.2 Å². The SMILES string of the molecule is Cc1nc(C(C)C)sc1C(C)N(C)C(=O)c1n[nH]c2c1CNCC2. The fourth-order valence-corrected chi connectivity index (χ4v) is 4.15. The maximum absolute atomic E-state index is 12.9. The third-order valence-corrected chi connectivity index (χ3v) is 6.26. The molecule has 2 N–H and O–H groups in total. The van der Waals surface area contributed by atoms with Gasteiger partial charge in [-0.25, -0.2) is 4.98 Å². The molecule has 0 spiro atoms. The molecule has 1 atom stereocenters. The van der Waals surface area contributed by atoms with Crippen LogP contribution in [0.15, 0.2) is 0 Å². The van der Waals surface area contributed by atoms with Crippen molar-refractivity contribution in [1.29, 1.82) is 0 Å². The fourth-order valence-electron chi connectivity index (χ4n) is 2.99. The van der Waals surface area contributed by atoms with Crippen molar-refractivity contribution < 1.29 is 4.79 Å². The molecule has 0 bridgehead atoms. The normalized spacial score (nSPS) is 15.4. The lowest BCUT2D eigenvalue weighted by atomic mass is 10.1. The molecular formula is C17H25N5OS. The smallest absolute Gasteiger partial charge is 0.274 e. The molecule has 6 nitrogen and oxygen atoms in total. The van der Waals surface area contributed by atoms with Crippen LogP contribution in [0.5, 0.6) is 0 Å². The number of aryl methyl sites for hydroxylation is 1. The van der Waals surface area contributed by atoms with Gasteiger partial charge in [-0.15, -0.1) is 11.3 Å². The average Bonchev–Trinajstić information content (AvgIpc) is 3.16. The van der Waals surface area contributed by atoms with Crippen LogP contribution in [0, 0.1) is 6.92 Å². The zero-order chi connectivity index (χ0) is 17.4. The van der Waals surface area contributed by atoms with Crippen LogP contribution in [0.2, 0.25) is 0 Å². The third kappa shape index (κ3) is 2.98. The number of carbonyl (C=O) groups excluding carboxylic acids is 1. The first kappa shape index (κ1) is 17.1. The Hall–Kier alpha value is -1.73. The van der Waals surface area contributed by atoms with Crippen molar-refractivity contribution in [2.45, 2.75) is 52.6 Å². The summed E-state index contributed by atoms with van der Waals surface area (Å²) in [6.07, 6.45) is 0.889. The molecule has 1 aliphatic heterocycles. The van der Waals surface area contributed by atoms with Crippen molar-refractivity contribution in [1.82, 2.24) is 25.4 Å². The molecule has 1 aliphatic rings. The Kier molecular flexibility index (Phi) is 4.73. The number of nitrogens with zero attached hydrogens (tertiary/aromatic N) is 3. The Labute approximate surface area is 146 Å². The van der Waals surface area contributed by atoms with Gasteiger partial charge in [0.15, 0.2) is 5.69 Å². The zero-order valence-electron chi connectivity index (χ0n) is 14.9. The highest BCUT2D eigenvalue weighted by Crippen LogP contribution is 2.32. The largest absolute Gasteiger partial charge is 0.333 e. The van der Waals surface area contributed by atoms with Crippen molar-refractivity contribution in [2.75, 3.05) is 13.6 Å². The van der Waals surface area contributed by atoms with Crippen molar-refractivity contribution in [2.24, 2.45) is 0 Å². The number of aromatic amines is 1. The first-order valence-electron chi connectivity index (χ1n) is 8.41. The van der Waals surface area contributed by atoms with Crippen molar-refractivity contribution in [3.63, 3.8) is 0 Å². The van der Waals surface area contributed by atoms with Crippen LogP contribution in [0.25, 0.3) is 0 Å². The molecule has 7 heteroatoms. The molecule has 130 valence electrons. The molecule has 24 heavy (non-hydrogen) atoms. The summed E-state index contributed by atoms with van der Waals surface area (Å²) in [5, 5.41) is 11.7. The van der Waals surface area contributed by atoms with Crippen LogP contribution in [-0.2, 0) is 13.0 Å². The quantitative estimate of drug-likeness (QED) is 0.892. The van der Waals surface area contributed by atoms with Gasteiger partial charge in [-0.3, -0.25) is 9.89 Å². The highest BCUT2D eigenvalue weighted by Gasteiger charge is 2.28. The van der Waals surface area contributed by atoms with Gasteiger partial charge >= 0.3 is 0 Å². The maximum Gasteiger partial charge on any atom is 0.274 e. The molecule has 0 saturated heterocycles. The summed E-state index contributed by atoms with van der Waals surface area (Å²) in [6.45, 7) is 9.99. The van der Waals surface area contributed by atoms with Gasteiger partial charge in [0.25, 0.3) is 5.91 Å². The molecule has 1 amide bonds. The van der Waals surface area contributed by atoms with E-state index in [1.807, 2.05) is 14.0 Å². The number of amides is 1. The summed E-state index contributed by atoms with van der Waals surface area (Å²) in [5.74, 6) is 0.364. The summed E-state index contributed by atoms with van der Waals surface area (Å²) in [5.41, 5.74) is 3.64. The summed E-state index contributed by atoms with van der Waals surface area (Å²) in [6, 6.07) is -0.0219. The average molecular weight is 347 g/mol. The summed E-state index contributed by atoms with van der Waals surface area (Å²) < 4.78 is 0. The van der Waals surface area contributed by atoms with Gasteiger partial charge in [0, 0.05) is 48.6 Å². The summed E-state index contributed by atoms with van der Waals surface area (Å²) >= 11 is 1.70. The van der Waals surface area contributed by atoms with Gasteiger partial charge in [0.1, 0.15) is 0 Å². The predicted molar refractivity (Wildman–Crippen MR) is 95.4 cm³/mol. The van der Waals surface area contributed by atoms with Gasteiger partial charge in [-0.2, -0.15) is 5.10 Å². The lowest BCUT2D eigenvalue weighted by Gasteiger charge is -2.24. The summed E-state index contributed by atoms with van der Waals surface area (Å²) in [7, 11) is 1.85. The van der Waals surface area contributed by atoms with E-state index < -0.39 is 0 Å². The van der Waals surface area contributed by atoms with Crippen LogP contribution in [0.1, 0.15) is 70.1 Å². The molecule has 0 radical (unpaired) electrons. The van der Waals surface area contributed by atoms with E-state index in [1.54, 1.807) is 16.2 Å². The van der Waals surface area contributed by atoms with E-state index in [0.29, 0.717) is 18.2 Å². The Balaban J connectivity index is 1.84. The number of aromatic nitrogens is 3. The second-order valence-electron chi connectivity index (χ2n) is 6.70. The van der Waals surface area contributed by atoms with E-state index in [4.69, 9.17) is 0 Å². The van der Waals surface area contributed by atoms with E-state index >= 15 is 0 Å². The van der Waals surface area contributed by atoms with Crippen LogP contribution in [0.4, 0.5) is 0 Å². The number of thiazole rings is 1. The van der Waals surface area contributed by atoms with Crippen molar-refractivity contribution in [3.8, 4) is 0 Å². The Bertz CT molecular complexity index is 748. The van der Waals surface area contributed by atoms with E-state index in [0.717, 1.165) is 39.8 Å². The molecule has 3 heterocycles. The predicted octanol–water partition coefficient (Wildman–Crippen LogP) is 2.78. The Morgan fingerprint density at radius 1 is 1.33 bits per heavy atom. The molecule has 0 fully saturated rings. The zero-order valence-corrected chi connectivity index (χ0v) is 15.8. The van der Waals surface area contributed by atoms with Gasteiger partial charge in [-0.05, 0) is 13.8 Å². The number of nitrogens with one attached hydrogen (secondary N) is 2. The number of hydrogen-bond donors (Lipinski definition) is 2. The van der Waals surface area contributed by atoms with Crippen LogP contribution in [0.3, 0.4) is 0 Å². The van der Waals surface area contributed by atoms with Crippen LogP contribution >= 0.6 is 11.3 Å². The molecule has 3 rings (SSSR count). The standard InChI is InChI=1S/C17H25N5OS/c1-9(2)16-19-10(3)15(24-16)11(4)22(5)17(23)14-12-8-18-7-6-13(12)20-21-14/h9,11,18H,6-8H2,1-5H3,(H,20,21). The van der Waals surface area contributed by atoms with Gasteiger partial charge in [0.2, 0.25) is 0 Å². The van der Waals surface area contributed by atoms with E-state index in [2.05, 4.69) is 41.3 Å². The Morgan fingerprint density at radius 3 is 2.75 bits per heavy atom.